The number of amides is 2. The first kappa shape index (κ1) is 17.5. The Balaban J connectivity index is 1.28. The zero-order valence-electron chi connectivity index (χ0n) is 14.7. The number of anilines is 1. The molecule has 0 saturated carbocycles. The van der Waals surface area contributed by atoms with Gasteiger partial charge in [-0.2, -0.15) is 16.4 Å². The first-order valence-corrected chi connectivity index (χ1v) is 9.84. The Kier molecular flexibility index (Phi) is 5.02. The van der Waals surface area contributed by atoms with Crippen LogP contribution in [-0.4, -0.2) is 34.7 Å². The van der Waals surface area contributed by atoms with Crippen molar-refractivity contribution >= 4 is 28.8 Å². The van der Waals surface area contributed by atoms with Crippen LogP contribution in [0.3, 0.4) is 0 Å². The van der Waals surface area contributed by atoms with Crippen molar-refractivity contribution in [3.05, 3.63) is 59.4 Å². The van der Waals surface area contributed by atoms with Gasteiger partial charge in [-0.3, -0.25) is 14.3 Å². The first-order valence-electron chi connectivity index (χ1n) is 8.90. The normalized spacial score (nSPS) is 16.7. The van der Waals surface area contributed by atoms with Gasteiger partial charge in [-0.05, 0) is 29.6 Å². The molecule has 0 radical (unpaired) electrons. The highest BCUT2D eigenvalue weighted by Crippen LogP contribution is 2.24. The number of benzene rings is 1. The van der Waals surface area contributed by atoms with Crippen molar-refractivity contribution in [2.75, 3.05) is 18.0 Å². The van der Waals surface area contributed by atoms with Crippen LogP contribution in [0, 0.1) is 5.92 Å². The average molecular weight is 380 g/mol. The van der Waals surface area contributed by atoms with Gasteiger partial charge in [-0.25, -0.2) is 0 Å². The van der Waals surface area contributed by atoms with Gasteiger partial charge in [0, 0.05) is 42.3 Å². The largest absolute Gasteiger partial charge is 0.354 e. The van der Waals surface area contributed by atoms with Crippen LogP contribution in [-0.2, 0) is 16.1 Å². The van der Waals surface area contributed by atoms with Crippen LogP contribution in [0.25, 0.3) is 11.3 Å². The summed E-state index contributed by atoms with van der Waals surface area (Å²) in [6, 6.07) is 13.5. The molecule has 3 aromatic rings. The molecule has 1 aromatic carbocycles. The highest BCUT2D eigenvalue weighted by Gasteiger charge is 2.34. The summed E-state index contributed by atoms with van der Waals surface area (Å²) < 4.78 is 1.82. The Hall–Kier alpha value is -2.93. The number of carbonyl (C=O) groups excluding carboxylic acids is 2. The van der Waals surface area contributed by atoms with Gasteiger partial charge in [-0.1, -0.05) is 18.2 Å². The van der Waals surface area contributed by atoms with Crippen molar-refractivity contribution < 1.29 is 9.59 Å². The molecule has 6 nitrogen and oxygen atoms in total. The van der Waals surface area contributed by atoms with E-state index in [0.717, 1.165) is 16.9 Å². The number of aromatic nitrogens is 2. The standard InChI is InChI=1S/C20H20N4O2S/c25-19-12-16(13-24(19)17-4-2-1-3-5-17)20(26)21-8-10-23-9-6-18(22-23)15-7-11-27-14-15/h1-7,9,11,14,16H,8,10,12-13H2,(H,21,26). The Bertz CT molecular complexity index is 921. The molecule has 0 spiro atoms. The lowest BCUT2D eigenvalue weighted by atomic mass is 10.1. The van der Waals surface area contributed by atoms with Crippen molar-refractivity contribution in [1.82, 2.24) is 15.1 Å². The van der Waals surface area contributed by atoms with E-state index in [1.807, 2.05) is 58.7 Å². The van der Waals surface area contributed by atoms with Crippen LogP contribution in [0.4, 0.5) is 5.69 Å². The van der Waals surface area contributed by atoms with Gasteiger partial charge in [0.2, 0.25) is 11.8 Å². The van der Waals surface area contributed by atoms with Gasteiger partial charge < -0.3 is 10.2 Å². The van der Waals surface area contributed by atoms with E-state index in [0.29, 0.717) is 19.6 Å². The summed E-state index contributed by atoms with van der Waals surface area (Å²) in [6.07, 6.45) is 2.17. The zero-order valence-corrected chi connectivity index (χ0v) is 15.6. The Labute approximate surface area is 161 Å². The molecule has 7 heteroatoms. The molecule has 1 aliphatic heterocycles. The molecule has 0 aliphatic carbocycles. The minimum Gasteiger partial charge on any atom is -0.354 e. The molecule has 4 rings (SSSR count). The number of thiophene rings is 1. The van der Waals surface area contributed by atoms with E-state index in [1.165, 1.54) is 0 Å². The molecular formula is C20H20N4O2S. The number of nitrogens with zero attached hydrogens (tertiary/aromatic N) is 3. The molecule has 27 heavy (non-hydrogen) atoms. The summed E-state index contributed by atoms with van der Waals surface area (Å²) in [7, 11) is 0. The zero-order chi connectivity index (χ0) is 18.6. The van der Waals surface area contributed by atoms with E-state index >= 15 is 0 Å². The van der Waals surface area contributed by atoms with E-state index < -0.39 is 0 Å². The smallest absolute Gasteiger partial charge is 0.227 e. The number of nitrogens with one attached hydrogen (secondary N) is 1. The van der Waals surface area contributed by atoms with E-state index in [9.17, 15) is 9.59 Å². The fourth-order valence-corrected chi connectivity index (χ4v) is 3.88. The quantitative estimate of drug-likeness (QED) is 0.715. The third-order valence-corrected chi connectivity index (χ3v) is 5.34. The van der Waals surface area contributed by atoms with Crippen LogP contribution in [0.15, 0.2) is 59.4 Å². The fourth-order valence-electron chi connectivity index (χ4n) is 3.23. The summed E-state index contributed by atoms with van der Waals surface area (Å²) in [5.41, 5.74) is 2.88. The summed E-state index contributed by atoms with van der Waals surface area (Å²) in [5, 5.41) is 11.5. The third-order valence-electron chi connectivity index (χ3n) is 4.66. The predicted molar refractivity (Wildman–Crippen MR) is 105 cm³/mol. The molecule has 2 aromatic heterocycles. The fraction of sp³-hybridized carbons (Fsp3) is 0.250. The molecule has 0 bridgehead atoms. The van der Waals surface area contributed by atoms with Crippen molar-refractivity contribution in [2.24, 2.45) is 5.92 Å². The van der Waals surface area contributed by atoms with Gasteiger partial charge >= 0.3 is 0 Å². The Morgan fingerprint density at radius 2 is 2.07 bits per heavy atom. The number of carbonyl (C=O) groups is 2. The first-order chi connectivity index (χ1) is 13.2. The predicted octanol–water partition coefficient (Wildman–Crippen LogP) is 2.78. The molecule has 1 unspecified atom stereocenters. The number of hydrogen-bond acceptors (Lipinski definition) is 4. The Morgan fingerprint density at radius 3 is 2.85 bits per heavy atom. The number of para-hydroxylation sites is 1. The van der Waals surface area contributed by atoms with Gasteiger partial charge in [-0.15, -0.1) is 0 Å². The van der Waals surface area contributed by atoms with Gasteiger partial charge in [0.15, 0.2) is 0 Å². The van der Waals surface area contributed by atoms with Gasteiger partial charge in [0.1, 0.15) is 0 Å². The minimum absolute atomic E-state index is 0.00571. The van der Waals surface area contributed by atoms with Crippen LogP contribution in [0.5, 0.6) is 0 Å². The van der Waals surface area contributed by atoms with Crippen LogP contribution < -0.4 is 10.2 Å². The van der Waals surface area contributed by atoms with Gasteiger partial charge in [0.05, 0.1) is 18.2 Å². The lowest BCUT2D eigenvalue weighted by molar-refractivity contribution is -0.126. The van der Waals surface area contributed by atoms with Crippen LogP contribution >= 0.6 is 11.3 Å². The number of hydrogen-bond donors (Lipinski definition) is 1. The molecular weight excluding hydrogens is 360 g/mol. The minimum atomic E-state index is -0.309. The van der Waals surface area contributed by atoms with Crippen molar-refractivity contribution in [1.29, 1.82) is 0 Å². The monoisotopic (exact) mass is 380 g/mol. The van der Waals surface area contributed by atoms with Crippen LogP contribution in [0.2, 0.25) is 0 Å². The van der Waals surface area contributed by atoms with E-state index in [-0.39, 0.29) is 24.2 Å². The lowest BCUT2D eigenvalue weighted by Gasteiger charge is -2.16. The summed E-state index contributed by atoms with van der Waals surface area (Å²) in [4.78, 5) is 26.3. The molecule has 1 fully saturated rings. The van der Waals surface area contributed by atoms with Crippen molar-refractivity contribution in [2.45, 2.75) is 13.0 Å². The second kappa shape index (κ2) is 7.75. The molecule has 1 N–H and O–H groups in total. The average Bonchev–Trinajstić information content (AvgIpc) is 3.43. The SMILES string of the molecule is O=C(NCCn1ccc(-c2ccsc2)n1)C1CC(=O)N(c2ccccc2)C1. The Morgan fingerprint density at radius 1 is 1.22 bits per heavy atom. The molecule has 138 valence electrons. The van der Waals surface area contributed by atoms with E-state index in [2.05, 4.69) is 15.8 Å². The maximum absolute atomic E-state index is 12.4. The molecule has 3 heterocycles. The van der Waals surface area contributed by atoms with Crippen molar-refractivity contribution in [3.8, 4) is 11.3 Å². The second-order valence-corrected chi connectivity index (χ2v) is 7.29. The molecule has 1 atom stereocenters. The second-order valence-electron chi connectivity index (χ2n) is 6.51. The number of rotatable bonds is 6. The maximum Gasteiger partial charge on any atom is 0.227 e. The highest BCUT2D eigenvalue weighted by atomic mass is 32.1. The summed E-state index contributed by atoms with van der Waals surface area (Å²) in [5.74, 6) is -0.391. The molecule has 1 aliphatic rings. The van der Waals surface area contributed by atoms with Crippen molar-refractivity contribution in [3.63, 3.8) is 0 Å². The maximum atomic E-state index is 12.4. The molecule has 1 saturated heterocycles. The van der Waals surface area contributed by atoms with E-state index in [4.69, 9.17) is 0 Å². The third kappa shape index (κ3) is 3.93. The van der Waals surface area contributed by atoms with Gasteiger partial charge in [0.25, 0.3) is 0 Å². The highest BCUT2D eigenvalue weighted by molar-refractivity contribution is 7.08. The molecule has 2 amide bonds. The topological polar surface area (TPSA) is 67.2 Å². The van der Waals surface area contributed by atoms with E-state index in [1.54, 1.807) is 16.2 Å². The van der Waals surface area contributed by atoms with Crippen LogP contribution in [0.1, 0.15) is 6.42 Å². The summed E-state index contributed by atoms with van der Waals surface area (Å²) >= 11 is 1.64. The lowest BCUT2D eigenvalue weighted by Crippen LogP contribution is -2.34. The summed E-state index contributed by atoms with van der Waals surface area (Å²) in [6.45, 7) is 1.51.